The molecule has 1 saturated heterocycles. The molecule has 0 bridgehead atoms. The number of benzene rings is 2. The number of carbonyl (C=O) groups excluding carboxylic acids is 2. The van der Waals surface area contributed by atoms with E-state index >= 15 is 0 Å². The monoisotopic (exact) mass is 425 g/mol. The van der Waals surface area contributed by atoms with Gasteiger partial charge in [0.2, 0.25) is 5.91 Å². The maximum absolute atomic E-state index is 12.8. The molecular weight excluding hydrogens is 406 g/mol. The van der Waals surface area contributed by atoms with Crippen molar-refractivity contribution in [2.75, 3.05) is 38.0 Å². The Kier molecular flexibility index (Phi) is 5.83. The van der Waals surface area contributed by atoms with Gasteiger partial charge in [0.1, 0.15) is 11.1 Å². The van der Waals surface area contributed by atoms with Crippen LogP contribution in [0.2, 0.25) is 5.02 Å². The molecule has 1 N–H and O–H groups in total. The Bertz CT molecular complexity index is 1150. The number of rotatable bonds is 4. The summed E-state index contributed by atoms with van der Waals surface area (Å²) in [6, 6.07) is 15.7. The summed E-state index contributed by atoms with van der Waals surface area (Å²) < 4.78 is 5.27. The van der Waals surface area contributed by atoms with Crippen LogP contribution in [0.25, 0.3) is 11.0 Å². The summed E-state index contributed by atoms with van der Waals surface area (Å²) in [5.41, 5.74) is 0.410. The summed E-state index contributed by atoms with van der Waals surface area (Å²) in [6.45, 7) is 2.10. The number of piperazine rings is 1. The lowest BCUT2D eigenvalue weighted by molar-refractivity contribution is -0.117. The number of nitrogens with zero attached hydrogens (tertiary/aromatic N) is 2. The zero-order valence-electron chi connectivity index (χ0n) is 16.1. The first-order valence-corrected chi connectivity index (χ1v) is 9.98. The molecule has 0 unspecified atom stereocenters. The Morgan fingerprint density at radius 3 is 2.47 bits per heavy atom. The molecule has 8 heteroatoms. The van der Waals surface area contributed by atoms with E-state index < -0.39 is 5.63 Å². The highest BCUT2D eigenvalue weighted by molar-refractivity contribution is 6.33. The van der Waals surface area contributed by atoms with Gasteiger partial charge in [-0.3, -0.25) is 14.5 Å². The molecule has 1 fully saturated rings. The highest BCUT2D eigenvalue weighted by atomic mass is 35.5. The lowest BCUT2D eigenvalue weighted by Crippen LogP contribution is -2.51. The van der Waals surface area contributed by atoms with Crippen LogP contribution in [0, 0.1) is 0 Å². The molecule has 0 atom stereocenters. The average molecular weight is 426 g/mol. The maximum atomic E-state index is 12.8. The molecule has 1 aliphatic heterocycles. The minimum atomic E-state index is -0.639. The largest absolute Gasteiger partial charge is 0.422 e. The average Bonchev–Trinajstić information content (AvgIpc) is 2.75. The molecule has 1 aromatic heterocycles. The normalized spacial score (nSPS) is 14.6. The first-order valence-electron chi connectivity index (χ1n) is 9.60. The number of hydrogen-bond acceptors (Lipinski definition) is 5. The van der Waals surface area contributed by atoms with Gasteiger partial charge in [0, 0.05) is 31.6 Å². The number of amides is 2. The Hall–Kier alpha value is -3.16. The second-order valence-corrected chi connectivity index (χ2v) is 7.49. The van der Waals surface area contributed by atoms with Gasteiger partial charge in [-0.25, -0.2) is 4.79 Å². The molecule has 1 aliphatic rings. The van der Waals surface area contributed by atoms with Crippen molar-refractivity contribution in [1.82, 2.24) is 9.80 Å². The fourth-order valence-electron chi connectivity index (χ4n) is 3.45. The van der Waals surface area contributed by atoms with E-state index in [0.717, 1.165) is 0 Å². The molecule has 154 valence electrons. The first-order chi connectivity index (χ1) is 14.5. The number of hydrogen-bond donors (Lipinski definition) is 1. The van der Waals surface area contributed by atoms with E-state index in [0.29, 0.717) is 47.9 Å². The van der Waals surface area contributed by atoms with Crippen molar-refractivity contribution in [3.05, 3.63) is 75.6 Å². The molecule has 7 nitrogen and oxygen atoms in total. The summed E-state index contributed by atoms with van der Waals surface area (Å²) in [5.74, 6) is -0.521. The van der Waals surface area contributed by atoms with E-state index in [1.165, 1.54) is 0 Å². The van der Waals surface area contributed by atoms with E-state index in [9.17, 15) is 14.4 Å². The van der Waals surface area contributed by atoms with Gasteiger partial charge in [-0.1, -0.05) is 41.9 Å². The van der Waals surface area contributed by atoms with E-state index in [1.54, 1.807) is 53.4 Å². The number of fused-ring (bicyclic) bond motifs is 1. The highest BCUT2D eigenvalue weighted by Crippen LogP contribution is 2.20. The van der Waals surface area contributed by atoms with Crippen LogP contribution in [-0.2, 0) is 4.79 Å². The van der Waals surface area contributed by atoms with Gasteiger partial charge in [0.25, 0.3) is 5.91 Å². The molecule has 2 aromatic carbocycles. The Morgan fingerprint density at radius 1 is 1.00 bits per heavy atom. The topological polar surface area (TPSA) is 82.9 Å². The number of para-hydroxylation sites is 2. The number of carbonyl (C=O) groups is 2. The van der Waals surface area contributed by atoms with Crippen LogP contribution in [0.3, 0.4) is 0 Å². The quantitative estimate of drug-likeness (QED) is 0.650. The van der Waals surface area contributed by atoms with Gasteiger partial charge >= 0.3 is 5.63 Å². The lowest BCUT2D eigenvalue weighted by atomic mass is 10.1. The smallest absolute Gasteiger partial charge is 0.349 e. The summed E-state index contributed by atoms with van der Waals surface area (Å²) in [7, 11) is 0. The van der Waals surface area contributed by atoms with Crippen molar-refractivity contribution >= 4 is 40.1 Å². The van der Waals surface area contributed by atoms with Gasteiger partial charge in [0.15, 0.2) is 0 Å². The molecule has 0 spiro atoms. The van der Waals surface area contributed by atoms with Crippen molar-refractivity contribution in [1.29, 1.82) is 0 Å². The molecule has 2 heterocycles. The number of nitrogens with one attached hydrogen (secondary N) is 1. The van der Waals surface area contributed by atoms with Crippen LogP contribution in [0.15, 0.2) is 63.8 Å². The van der Waals surface area contributed by atoms with E-state index in [4.69, 9.17) is 16.0 Å². The summed E-state index contributed by atoms with van der Waals surface area (Å²) in [4.78, 5) is 40.9. The van der Waals surface area contributed by atoms with Gasteiger partial charge in [-0.2, -0.15) is 0 Å². The Labute approximate surface area is 177 Å². The molecule has 4 rings (SSSR count). The van der Waals surface area contributed by atoms with Crippen molar-refractivity contribution in [2.45, 2.75) is 0 Å². The highest BCUT2D eigenvalue weighted by Gasteiger charge is 2.25. The maximum Gasteiger partial charge on any atom is 0.349 e. The Morgan fingerprint density at radius 2 is 1.70 bits per heavy atom. The first kappa shape index (κ1) is 20.1. The second kappa shape index (κ2) is 8.69. The third kappa shape index (κ3) is 4.37. The summed E-state index contributed by atoms with van der Waals surface area (Å²) in [6.07, 6.45) is 0. The predicted octanol–water partition coefficient (Wildman–Crippen LogP) is 2.84. The molecular formula is C22H20ClN3O4. The van der Waals surface area contributed by atoms with Crippen LogP contribution in [-0.4, -0.2) is 54.3 Å². The molecule has 3 aromatic rings. The fraction of sp³-hybridized carbons (Fsp3) is 0.227. The van der Waals surface area contributed by atoms with Gasteiger partial charge in [-0.05, 0) is 24.3 Å². The van der Waals surface area contributed by atoms with Crippen LogP contribution in [0.4, 0.5) is 5.69 Å². The zero-order chi connectivity index (χ0) is 21.1. The summed E-state index contributed by atoms with van der Waals surface area (Å²) in [5, 5.41) is 3.98. The minimum absolute atomic E-state index is 0.0265. The number of anilines is 1. The van der Waals surface area contributed by atoms with Crippen molar-refractivity contribution in [3.63, 3.8) is 0 Å². The second-order valence-electron chi connectivity index (χ2n) is 7.08. The standard InChI is InChI=1S/C22H20ClN3O4/c23-17-6-2-3-7-18(17)24-20(27)14-25-9-11-26(12-10-25)21(28)16-13-15-5-1-4-8-19(15)30-22(16)29/h1-8,13H,9-12,14H2,(H,24,27). The van der Waals surface area contributed by atoms with E-state index in [1.807, 2.05) is 11.0 Å². The van der Waals surface area contributed by atoms with Crippen molar-refractivity contribution < 1.29 is 14.0 Å². The molecule has 0 aliphatic carbocycles. The zero-order valence-corrected chi connectivity index (χ0v) is 16.9. The Balaban J connectivity index is 1.36. The van der Waals surface area contributed by atoms with Gasteiger partial charge in [-0.15, -0.1) is 0 Å². The van der Waals surface area contributed by atoms with Crippen LogP contribution in [0.1, 0.15) is 10.4 Å². The van der Waals surface area contributed by atoms with E-state index in [2.05, 4.69) is 5.32 Å². The molecule has 0 radical (unpaired) electrons. The number of halogens is 1. The van der Waals surface area contributed by atoms with Gasteiger partial charge in [0.05, 0.1) is 17.3 Å². The van der Waals surface area contributed by atoms with Crippen molar-refractivity contribution in [3.8, 4) is 0 Å². The third-order valence-electron chi connectivity index (χ3n) is 5.05. The predicted molar refractivity (Wildman–Crippen MR) is 115 cm³/mol. The van der Waals surface area contributed by atoms with Crippen LogP contribution in [0.5, 0.6) is 0 Å². The van der Waals surface area contributed by atoms with Gasteiger partial charge < -0.3 is 14.6 Å². The fourth-order valence-corrected chi connectivity index (χ4v) is 3.63. The summed E-state index contributed by atoms with van der Waals surface area (Å²) >= 11 is 6.07. The molecule has 0 saturated carbocycles. The van der Waals surface area contributed by atoms with E-state index in [-0.39, 0.29) is 23.9 Å². The lowest BCUT2D eigenvalue weighted by Gasteiger charge is -2.34. The van der Waals surface area contributed by atoms with Crippen molar-refractivity contribution in [2.24, 2.45) is 0 Å². The minimum Gasteiger partial charge on any atom is -0.422 e. The SMILES string of the molecule is O=C(CN1CCN(C(=O)c2cc3ccccc3oc2=O)CC1)Nc1ccccc1Cl. The third-order valence-corrected chi connectivity index (χ3v) is 5.38. The molecule has 30 heavy (non-hydrogen) atoms. The van der Waals surface area contributed by atoms with Crippen LogP contribution < -0.4 is 10.9 Å². The van der Waals surface area contributed by atoms with Crippen LogP contribution >= 0.6 is 11.6 Å². The molecule has 2 amide bonds.